The number of hydrogen-bond donors (Lipinski definition) is 1. The molecule has 7 nitrogen and oxygen atoms in total. The van der Waals surface area contributed by atoms with Gasteiger partial charge in [0.25, 0.3) is 0 Å². The summed E-state index contributed by atoms with van der Waals surface area (Å²) in [5.41, 5.74) is 7.34. The van der Waals surface area contributed by atoms with E-state index in [1.165, 1.54) is 0 Å². The molecule has 21 heavy (non-hydrogen) atoms. The standard InChI is InChI=1S/C13H13BrN6O/c14-10-3-1-9(2-4-10)5-12-16-13(21-18-12)8-20-7-11(6-15)17-19-20/h1-4,7H,5-6,8,15H2. The van der Waals surface area contributed by atoms with E-state index in [4.69, 9.17) is 10.3 Å². The maximum Gasteiger partial charge on any atom is 0.248 e. The highest BCUT2D eigenvalue weighted by Gasteiger charge is 2.09. The van der Waals surface area contributed by atoms with Gasteiger partial charge in [-0.15, -0.1) is 5.10 Å². The molecule has 0 aliphatic rings. The number of benzene rings is 1. The average molecular weight is 349 g/mol. The second-order valence-electron chi connectivity index (χ2n) is 4.52. The Labute approximate surface area is 129 Å². The van der Waals surface area contributed by atoms with Crippen molar-refractivity contribution in [1.29, 1.82) is 0 Å². The molecule has 2 heterocycles. The van der Waals surface area contributed by atoms with Crippen LogP contribution in [0.5, 0.6) is 0 Å². The van der Waals surface area contributed by atoms with E-state index in [1.807, 2.05) is 24.3 Å². The van der Waals surface area contributed by atoms with Gasteiger partial charge in [0.2, 0.25) is 5.89 Å². The van der Waals surface area contributed by atoms with Crippen LogP contribution in [0.15, 0.2) is 39.5 Å². The highest BCUT2D eigenvalue weighted by molar-refractivity contribution is 9.10. The van der Waals surface area contributed by atoms with Crippen LogP contribution >= 0.6 is 15.9 Å². The van der Waals surface area contributed by atoms with Crippen LogP contribution in [0.4, 0.5) is 0 Å². The fourth-order valence-corrected chi connectivity index (χ4v) is 2.12. The summed E-state index contributed by atoms with van der Waals surface area (Å²) in [7, 11) is 0. The second kappa shape index (κ2) is 6.15. The van der Waals surface area contributed by atoms with E-state index in [2.05, 4.69) is 36.4 Å². The summed E-state index contributed by atoms with van der Waals surface area (Å²) in [6.45, 7) is 0.749. The topological polar surface area (TPSA) is 95.7 Å². The first-order valence-corrected chi connectivity index (χ1v) is 7.17. The molecule has 0 fully saturated rings. The van der Waals surface area contributed by atoms with Gasteiger partial charge < -0.3 is 10.3 Å². The second-order valence-corrected chi connectivity index (χ2v) is 5.43. The molecular weight excluding hydrogens is 336 g/mol. The molecule has 3 aromatic rings. The molecule has 0 atom stereocenters. The molecule has 0 spiro atoms. The number of nitrogens with zero attached hydrogens (tertiary/aromatic N) is 5. The minimum atomic E-state index is 0.360. The summed E-state index contributed by atoms with van der Waals surface area (Å²) in [4.78, 5) is 4.35. The Morgan fingerprint density at radius 2 is 2.05 bits per heavy atom. The lowest BCUT2D eigenvalue weighted by molar-refractivity contribution is 0.360. The van der Waals surface area contributed by atoms with Gasteiger partial charge in [0.15, 0.2) is 5.82 Å². The SMILES string of the molecule is NCc1cn(Cc2nc(Cc3ccc(Br)cc3)no2)nn1. The van der Waals surface area contributed by atoms with Crippen molar-refractivity contribution in [3.8, 4) is 0 Å². The van der Waals surface area contributed by atoms with Crippen LogP contribution in [0.3, 0.4) is 0 Å². The van der Waals surface area contributed by atoms with E-state index < -0.39 is 0 Å². The van der Waals surface area contributed by atoms with Crippen LogP contribution < -0.4 is 5.73 Å². The van der Waals surface area contributed by atoms with Gasteiger partial charge >= 0.3 is 0 Å². The minimum absolute atomic E-state index is 0.360. The summed E-state index contributed by atoms with van der Waals surface area (Å²) >= 11 is 3.41. The highest BCUT2D eigenvalue weighted by Crippen LogP contribution is 2.13. The van der Waals surface area contributed by atoms with E-state index in [9.17, 15) is 0 Å². The normalized spacial score (nSPS) is 11.0. The third-order valence-corrected chi connectivity index (χ3v) is 3.41. The van der Waals surface area contributed by atoms with E-state index in [0.717, 1.165) is 15.7 Å². The van der Waals surface area contributed by atoms with E-state index in [0.29, 0.717) is 31.2 Å². The molecule has 0 saturated heterocycles. The van der Waals surface area contributed by atoms with Gasteiger partial charge in [-0.3, -0.25) is 0 Å². The lowest BCUT2D eigenvalue weighted by atomic mass is 10.1. The maximum atomic E-state index is 5.49. The van der Waals surface area contributed by atoms with Crippen molar-refractivity contribution >= 4 is 15.9 Å². The Balaban J connectivity index is 1.67. The van der Waals surface area contributed by atoms with Crippen molar-refractivity contribution in [2.75, 3.05) is 0 Å². The molecule has 108 valence electrons. The van der Waals surface area contributed by atoms with Crippen LogP contribution in [0.1, 0.15) is 23.0 Å². The quantitative estimate of drug-likeness (QED) is 0.750. The Hall–Kier alpha value is -2.06. The molecule has 0 aliphatic heterocycles. The smallest absolute Gasteiger partial charge is 0.248 e. The molecule has 0 amide bonds. The molecule has 0 saturated carbocycles. The van der Waals surface area contributed by atoms with Crippen LogP contribution in [-0.2, 0) is 19.5 Å². The molecule has 0 radical (unpaired) electrons. The zero-order valence-electron chi connectivity index (χ0n) is 11.1. The lowest BCUT2D eigenvalue weighted by Gasteiger charge is -1.96. The first kappa shape index (κ1) is 13.9. The molecule has 0 aliphatic carbocycles. The van der Waals surface area contributed by atoms with Crippen LogP contribution in [0.2, 0.25) is 0 Å². The van der Waals surface area contributed by atoms with Crippen molar-refractivity contribution in [2.24, 2.45) is 5.73 Å². The van der Waals surface area contributed by atoms with Crippen molar-refractivity contribution in [2.45, 2.75) is 19.5 Å². The predicted octanol–water partition coefficient (Wildman–Crippen LogP) is 1.52. The summed E-state index contributed by atoms with van der Waals surface area (Å²) in [5.74, 6) is 1.14. The van der Waals surface area contributed by atoms with Crippen LogP contribution in [-0.4, -0.2) is 25.1 Å². The first-order chi connectivity index (χ1) is 10.2. The molecule has 3 rings (SSSR count). The summed E-state index contributed by atoms with van der Waals surface area (Å²) < 4.78 is 7.88. The Morgan fingerprint density at radius 3 is 2.76 bits per heavy atom. The van der Waals surface area contributed by atoms with Crippen molar-refractivity contribution in [1.82, 2.24) is 25.1 Å². The molecular formula is C13H13BrN6O. The fourth-order valence-electron chi connectivity index (χ4n) is 1.86. The summed E-state index contributed by atoms with van der Waals surface area (Å²) in [6.07, 6.45) is 2.39. The van der Waals surface area contributed by atoms with Crippen molar-refractivity contribution < 1.29 is 4.52 Å². The van der Waals surface area contributed by atoms with Gasteiger partial charge in [0.05, 0.1) is 11.9 Å². The first-order valence-electron chi connectivity index (χ1n) is 6.38. The van der Waals surface area contributed by atoms with Gasteiger partial charge in [-0.05, 0) is 17.7 Å². The zero-order chi connectivity index (χ0) is 14.7. The van der Waals surface area contributed by atoms with Crippen LogP contribution in [0, 0.1) is 0 Å². The molecule has 0 unspecified atom stereocenters. The molecule has 8 heteroatoms. The van der Waals surface area contributed by atoms with Crippen molar-refractivity contribution in [3.63, 3.8) is 0 Å². The van der Waals surface area contributed by atoms with E-state index >= 15 is 0 Å². The average Bonchev–Trinajstić information content (AvgIpc) is 3.11. The Kier molecular flexibility index (Phi) is 4.07. The lowest BCUT2D eigenvalue weighted by Crippen LogP contribution is -2.01. The van der Waals surface area contributed by atoms with E-state index in [1.54, 1.807) is 10.9 Å². The largest absolute Gasteiger partial charge is 0.337 e. The molecule has 2 N–H and O–H groups in total. The number of halogens is 1. The van der Waals surface area contributed by atoms with Crippen LogP contribution in [0.25, 0.3) is 0 Å². The summed E-state index contributed by atoms with van der Waals surface area (Å²) in [6, 6.07) is 8.01. The zero-order valence-corrected chi connectivity index (χ0v) is 12.7. The monoisotopic (exact) mass is 348 g/mol. The number of aromatic nitrogens is 5. The highest BCUT2D eigenvalue weighted by atomic mass is 79.9. The fraction of sp³-hybridized carbons (Fsp3) is 0.231. The molecule has 0 bridgehead atoms. The third kappa shape index (κ3) is 3.53. The van der Waals surface area contributed by atoms with Gasteiger partial charge in [-0.2, -0.15) is 4.98 Å². The maximum absolute atomic E-state index is 5.49. The summed E-state index contributed by atoms with van der Waals surface area (Å²) in [5, 5.41) is 11.8. The number of rotatable bonds is 5. The number of hydrogen-bond acceptors (Lipinski definition) is 6. The van der Waals surface area contributed by atoms with Gasteiger partial charge in [-0.1, -0.05) is 38.4 Å². The van der Waals surface area contributed by atoms with Gasteiger partial charge in [0, 0.05) is 17.4 Å². The third-order valence-electron chi connectivity index (χ3n) is 2.88. The van der Waals surface area contributed by atoms with Gasteiger partial charge in [-0.25, -0.2) is 4.68 Å². The Bertz CT molecular complexity index is 720. The minimum Gasteiger partial charge on any atom is -0.337 e. The Morgan fingerprint density at radius 1 is 1.24 bits per heavy atom. The number of nitrogens with two attached hydrogens (primary N) is 1. The predicted molar refractivity (Wildman–Crippen MR) is 78.3 cm³/mol. The van der Waals surface area contributed by atoms with Crippen molar-refractivity contribution in [3.05, 3.63) is 57.9 Å². The molecule has 1 aromatic carbocycles. The van der Waals surface area contributed by atoms with E-state index in [-0.39, 0.29) is 0 Å². The van der Waals surface area contributed by atoms with Gasteiger partial charge in [0.1, 0.15) is 6.54 Å². The molecule has 2 aromatic heterocycles.